The number of hydrogen-bond donors (Lipinski definition) is 0. The van der Waals surface area contributed by atoms with Crippen LogP contribution in [0.25, 0.3) is 0 Å². The first kappa shape index (κ1) is 76.6. The van der Waals surface area contributed by atoms with Crippen LogP contribution in [0.3, 0.4) is 0 Å². The van der Waals surface area contributed by atoms with Crippen LogP contribution in [0, 0.1) is 0 Å². The molecule has 1 atom stereocenters. The minimum absolute atomic E-state index is 0.0823. The maximum Gasteiger partial charge on any atom is 0.306 e. The van der Waals surface area contributed by atoms with E-state index >= 15 is 0 Å². The summed E-state index contributed by atoms with van der Waals surface area (Å²) < 4.78 is 17.0. The molecule has 0 aliphatic carbocycles. The van der Waals surface area contributed by atoms with Gasteiger partial charge in [-0.2, -0.15) is 0 Å². The van der Waals surface area contributed by atoms with Gasteiger partial charge in [0, 0.05) is 19.3 Å². The fourth-order valence-electron chi connectivity index (χ4n) is 9.92. The molecule has 6 heteroatoms. The lowest BCUT2D eigenvalue weighted by Gasteiger charge is -2.18. The van der Waals surface area contributed by atoms with Crippen molar-refractivity contribution in [2.45, 2.75) is 354 Å². The Balaban J connectivity index is 4.29. The fraction of sp³-hybridized carbons (Fsp3) is 0.770. The van der Waals surface area contributed by atoms with E-state index in [4.69, 9.17) is 14.2 Å². The largest absolute Gasteiger partial charge is 0.462 e. The number of esters is 3. The second kappa shape index (κ2) is 68.1. The number of rotatable bonds is 63. The average molecular weight is 1120 g/mol. The Kier molecular flexibility index (Phi) is 65.2. The molecule has 0 heterocycles. The third kappa shape index (κ3) is 65.4. The van der Waals surface area contributed by atoms with E-state index in [1.165, 1.54) is 199 Å². The first-order valence-electron chi connectivity index (χ1n) is 34.6. The van der Waals surface area contributed by atoms with Crippen molar-refractivity contribution in [2.75, 3.05) is 13.2 Å². The van der Waals surface area contributed by atoms with E-state index < -0.39 is 6.10 Å². The topological polar surface area (TPSA) is 78.9 Å². The summed E-state index contributed by atoms with van der Waals surface area (Å²) in [7, 11) is 0. The van der Waals surface area contributed by atoms with E-state index in [9.17, 15) is 14.4 Å². The molecule has 0 rings (SSSR count). The van der Waals surface area contributed by atoms with Crippen LogP contribution in [0.4, 0.5) is 0 Å². The Morgan fingerprint density at radius 2 is 0.500 bits per heavy atom. The SMILES string of the molecule is CC/C=C\C/C=C\C/C=C\C/C=C\CCCCCCCCCCC(=O)OC(COC(=O)CCCCCCC/C=C\C/C=C\CCCC)COC(=O)CCCCCCCCCCCCCCCCC/C=C\CCCCCCCCCC. The smallest absolute Gasteiger partial charge is 0.306 e. The van der Waals surface area contributed by atoms with Crippen molar-refractivity contribution in [1.29, 1.82) is 0 Å². The van der Waals surface area contributed by atoms with E-state index in [1.54, 1.807) is 0 Å². The van der Waals surface area contributed by atoms with E-state index in [0.717, 1.165) is 109 Å². The predicted octanol–water partition coefficient (Wildman–Crippen LogP) is 23.8. The molecule has 0 N–H and O–H groups in total. The number of carbonyl (C=O) groups is 3. The highest BCUT2D eigenvalue weighted by molar-refractivity contribution is 5.71. The van der Waals surface area contributed by atoms with Crippen LogP contribution in [-0.2, 0) is 28.6 Å². The van der Waals surface area contributed by atoms with Gasteiger partial charge < -0.3 is 14.2 Å². The molecule has 0 aliphatic heterocycles. The molecule has 1 unspecified atom stereocenters. The minimum Gasteiger partial charge on any atom is -0.462 e. The molecule has 0 spiro atoms. The van der Waals surface area contributed by atoms with Crippen molar-refractivity contribution < 1.29 is 28.6 Å². The van der Waals surface area contributed by atoms with Gasteiger partial charge >= 0.3 is 17.9 Å². The Morgan fingerprint density at radius 3 is 0.812 bits per heavy atom. The van der Waals surface area contributed by atoms with Gasteiger partial charge in [0.15, 0.2) is 6.10 Å². The highest BCUT2D eigenvalue weighted by Crippen LogP contribution is 2.17. The van der Waals surface area contributed by atoms with Crippen molar-refractivity contribution >= 4 is 17.9 Å². The van der Waals surface area contributed by atoms with Crippen LogP contribution in [0.15, 0.2) is 85.1 Å². The summed E-state index contributed by atoms with van der Waals surface area (Å²) in [6, 6.07) is 0. The van der Waals surface area contributed by atoms with Crippen LogP contribution in [-0.4, -0.2) is 37.2 Å². The zero-order valence-corrected chi connectivity index (χ0v) is 53.1. The lowest BCUT2D eigenvalue weighted by molar-refractivity contribution is -0.167. The van der Waals surface area contributed by atoms with E-state index in [2.05, 4.69) is 106 Å². The second-order valence-electron chi connectivity index (χ2n) is 23.1. The van der Waals surface area contributed by atoms with Crippen LogP contribution >= 0.6 is 0 Å². The van der Waals surface area contributed by atoms with Crippen molar-refractivity contribution in [3.05, 3.63) is 85.1 Å². The molecule has 0 amide bonds. The minimum atomic E-state index is -0.788. The molecular formula is C74H130O6. The summed E-state index contributed by atoms with van der Waals surface area (Å²) in [5.74, 6) is -0.889. The monoisotopic (exact) mass is 1110 g/mol. The highest BCUT2D eigenvalue weighted by Gasteiger charge is 2.19. The van der Waals surface area contributed by atoms with Crippen LogP contribution in [0.1, 0.15) is 348 Å². The first-order chi connectivity index (χ1) is 39.5. The summed E-state index contributed by atoms with van der Waals surface area (Å²) in [4.78, 5) is 38.4. The van der Waals surface area contributed by atoms with E-state index in [0.29, 0.717) is 19.3 Å². The van der Waals surface area contributed by atoms with Gasteiger partial charge in [0.2, 0.25) is 0 Å². The van der Waals surface area contributed by atoms with Gasteiger partial charge in [-0.1, -0.05) is 305 Å². The van der Waals surface area contributed by atoms with Crippen LogP contribution in [0.2, 0.25) is 0 Å². The van der Waals surface area contributed by atoms with Gasteiger partial charge in [0.25, 0.3) is 0 Å². The van der Waals surface area contributed by atoms with Gasteiger partial charge in [0.05, 0.1) is 0 Å². The third-order valence-electron chi connectivity index (χ3n) is 15.1. The average Bonchev–Trinajstić information content (AvgIpc) is 3.46. The summed E-state index contributed by atoms with van der Waals surface area (Å²) in [6.45, 7) is 6.51. The predicted molar refractivity (Wildman–Crippen MR) is 348 cm³/mol. The Labute approximate surface area is 496 Å². The molecule has 0 aromatic rings. The standard InChI is InChI=1S/C74H130O6/c1-4-7-10-13-16-19-22-25-28-30-32-34-35-36-37-38-39-41-42-44-46-49-52-55-58-61-64-67-73(76)79-70-71(69-78-72(75)66-63-60-57-54-51-48-27-24-21-18-15-12-9-6-3)80-74(77)68-65-62-59-56-53-50-47-45-43-40-33-31-29-26-23-20-17-14-11-8-5-2/h8,11,15,17-18,20,24,26-27,29-30,32-33,40,71H,4-7,9-10,12-14,16,19,21-23,25,28,31,34-39,41-70H2,1-3H3/b11-8-,18-15-,20-17-,27-24-,29-26-,32-30-,40-33-. The van der Waals surface area contributed by atoms with Crippen molar-refractivity contribution in [2.24, 2.45) is 0 Å². The zero-order chi connectivity index (χ0) is 57.8. The number of allylic oxidation sites excluding steroid dienone is 14. The summed E-state index contributed by atoms with van der Waals surface area (Å²) in [6.07, 6.45) is 90.3. The van der Waals surface area contributed by atoms with Crippen LogP contribution in [0.5, 0.6) is 0 Å². The summed E-state index contributed by atoms with van der Waals surface area (Å²) >= 11 is 0. The molecule has 0 bridgehead atoms. The van der Waals surface area contributed by atoms with Gasteiger partial charge in [-0.15, -0.1) is 0 Å². The van der Waals surface area contributed by atoms with Gasteiger partial charge in [0.1, 0.15) is 13.2 Å². The quantitative estimate of drug-likeness (QED) is 0.0261. The maximum absolute atomic E-state index is 12.9. The lowest BCUT2D eigenvalue weighted by Crippen LogP contribution is -2.30. The zero-order valence-electron chi connectivity index (χ0n) is 53.1. The summed E-state index contributed by atoms with van der Waals surface area (Å²) in [5, 5.41) is 0. The van der Waals surface area contributed by atoms with E-state index in [-0.39, 0.29) is 31.1 Å². The number of ether oxygens (including phenoxy) is 3. The van der Waals surface area contributed by atoms with Gasteiger partial charge in [-0.25, -0.2) is 0 Å². The molecule has 0 fully saturated rings. The maximum atomic E-state index is 12.9. The molecule has 6 nitrogen and oxygen atoms in total. The normalized spacial score (nSPS) is 12.6. The molecular weight excluding hydrogens is 985 g/mol. The van der Waals surface area contributed by atoms with Crippen molar-refractivity contribution in [3.63, 3.8) is 0 Å². The number of hydrogen-bond acceptors (Lipinski definition) is 6. The van der Waals surface area contributed by atoms with Crippen molar-refractivity contribution in [3.8, 4) is 0 Å². The lowest BCUT2D eigenvalue weighted by atomic mass is 10.0. The van der Waals surface area contributed by atoms with Gasteiger partial charge in [-0.05, 0) is 109 Å². The molecule has 80 heavy (non-hydrogen) atoms. The Bertz CT molecular complexity index is 1520. The molecule has 0 aromatic heterocycles. The second-order valence-corrected chi connectivity index (χ2v) is 23.1. The Morgan fingerprint density at radius 1 is 0.263 bits per heavy atom. The van der Waals surface area contributed by atoms with Crippen LogP contribution < -0.4 is 0 Å². The first-order valence-corrected chi connectivity index (χ1v) is 34.6. The molecule has 0 aromatic carbocycles. The molecule has 0 aliphatic rings. The molecule has 0 radical (unpaired) electrons. The van der Waals surface area contributed by atoms with Gasteiger partial charge in [-0.3, -0.25) is 14.4 Å². The molecule has 462 valence electrons. The molecule has 0 saturated carbocycles. The summed E-state index contributed by atoms with van der Waals surface area (Å²) in [5.41, 5.74) is 0. The molecule has 0 saturated heterocycles. The number of unbranched alkanes of at least 4 members (excludes halogenated alkanes) is 38. The third-order valence-corrected chi connectivity index (χ3v) is 15.1. The van der Waals surface area contributed by atoms with Crippen molar-refractivity contribution in [1.82, 2.24) is 0 Å². The highest BCUT2D eigenvalue weighted by atomic mass is 16.6. The van der Waals surface area contributed by atoms with E-state index in [1.807, 2.05) is 0 Å². The Hall–Kier alpha value is -3.41. The fourth-order valence-corrected chi connectivity index (χ4v) is 9.92. The number of carbonyl (C=O) groups excluding carboxylic acids is 3.